The van der Waals surface area contributed by atoms with E-state index in [4.69, 9.17) is 0 Å². The average Bonchev–Trinajstić information content (AvgIpc) is 3.05. The monoisotopic (exact) mass is 358 g/mol. The summed E-state index contributed by atoms with van der Waals surface area (Å²) in [5, 5.41) is 15.3. The lowest BCUT2D eigenvalue weighted by atomic mass is 9.92. The number of aromatic nitrogens is 4. The van der Waals surface area contributed by atoms with E-state index in [1.165, 1.54) is 0 Å². The van der Waals surface area contributed by atoms with Gasteiger partial charge in [-0.1, -0.05) is 0 Å². The third-order valence-electron chi connectivity index (χ3n) is 4.71. The van der Waals surface area contributed by atoms with Crippen LogP contribution in [0.4, 0.5) is 5.82 Å². The molecule has 1 saturated heterocycles. The number of piperidine rings is 1. The summed E-state index contributed by atoms with van der Waals surface area (Å²) in [6.07, 6.45) is 8.73. The number of carbonyl (C=O) groups excluding carboxylic acids is 1. The van der Waals surface area contributed by atoms with Crippen molar-refractivity contribution in [2.24, 2.45) is 0 Å². The lowest BCUT2D eigenvalue weighted by Crippen LogP contribution is -2.55. The molecule has 2 aromatic heterocycles. The van der Waals surface area contributed by atoms with E-state index >= 15 is 0 Å². The van der Waals surface area contributed by atoms with Crippen molar-refractivity contribution in [3.63, 3.8) is 0 Å². The van der Waals surface area contributed by atoms with E-state index in [0.717, 1.165) is 24.5 Å². The van der Waals surface area contributed by atoms with Crippen molar-refractivity contribution >= 4 is 11.7 Å². The highest BCUT2D eigenvalue weighted by Crippen LogP contribution is 2.25. The molecule has 3 rings (SSSR count). The topological polar surface area (TPSA) is 87.4 Å². The fourth-order valence-corrected chi connectivity index (χ4v) is 3.41. The van der Waals surface area contributed by atoms with Gasteiger partial charge < -0.3 is 14.9 Å². The summed E-state index contributed by atoms with van der Waals surface area (Å²) >= 11 is 0. The molecule has 0 saturated carbocycles. The van der Waals surface area contributed by atoms with Gasteiger partial charge in [0.1, 0.15) is 5.82 Å². The first-order chi connectivity index (χ1) is 12.5. The molecule has 0 aliphatic carbocycles. The number of aryl methyl sites for hydroxylation is 2. The molecule has 2 aromatic rings. The number of hydrogen-bond donors (Lipinski definition) is 1. The van der Waals surface area contributed by atoms with Crippen LogP contribution in [-0.4, -0.2) is 67.9 Å². The first kappa shape index (κ1) is 18.3. The highest BCUT2D eigenvalue weighted by atomic mass is 16.3. The molecule has 0 unspecified atom stereocenters. The Kier molecular flexibility index (Phi) is 5.51. The number of hydrogen-bond acceptors (Lipinski definition) is 6. The molecular weight excluding hydrogens is 332 g/mol. The molecule has 0 aromatic carbocycles. The fraction of sp³-hybridized carbons (Fsp3) is 0.556. The molecule has 1 aliphatic heterocycles. The Hall–Kier alpha value is -2.48. The molecule has 1 amide bonds. The number of nitrogens with zero attached hydrogens (tertiary/aromatic N) is 6. The quantitative estimate of drug-likeness (QED) is 0.824. The molecule has 0 radical (unpaired) electrons. The Labute approximate surface area is 153 Å². The largest absolute Gasteiger partial charge is 0.386 e. The Bertz CT molecular complexity index is 734. The zero-order valence-corrected chi connectivity index (χ0v) is 15.4. The van der Waals surface area contributed by atoms with Crippen molar-refractivity contribution in [1.82, 2.24) is 24.6 Å². The Morgan fingerprint density at radius 3 is 2.96 bits per heavy atom. The highest BCUT2D eigenvalue weighted by Gasteiger charge is 2.35. The summed E-state index contributed by atoms with van der Waals surface area (Å²) in [5.74, 6) is 0.761. The summed E-state index contributed by atoms with van der Waals surface area (Å²) in [6, 6.07) is 1.92. The molecule has 0 bridgehead atoms. The number of anilines is 1. The minimum absolute atomic E-state index is 0.00297. The molecule has 1 aliphatic rings. The highest BCUT2D eigenvalue weighted by molar-refractivity contribution is 5.75. The molecule has 26 heavy (non-hydrogen) atoms. The first-order valence-electron chi connectivity index (χ1n) is 8.93. The van der Waals surface area contributed by atoms with Crippen LogP contribution in [0.1, 0.15) is 25.0 Å². The van der Waals surface area contributed by atoms with Crippen LogP contribution < -0.4 is 4.90 Å². The van der Waals surface area contributed by atoms with Gasteiger partial charge in [0.05, 0.1) is 24.0 Å². The predicted octanol–water partition coefficient (Wildman–Crippen LogP) is 0.862. The number of rotatable bonds is 6. The first-order valence-corrected chi connectivity index (χ1v) is 8.93. The second kappa shape index (κ2) is 7.82. The molecule has 140 valence electrons. The van der Waals surface area contributed by atoms with Gasteiger partial charge in [-0.25, -0.2) is 4.98 Å². The molecule has 1 atom stereocenters. The van der Waals surface area contributed by atoms with Gasteiger partial charge in [0.15, 0.2) is 0 Å². The van der Waals surface area contributed by atoms with Crippen molar-refractivity contribution in [3.05, 3.63) is 36.5 Å². The van der Waals surface area contributed by atoms with Crippen molar-refractivity contribution < 1.29 is 9.90 Å². The van der Waals surface area contributed by atoms with Crippen LogP contribution in [0, 0.1) is 6.92 Å². The number of likely N-dealkylation sites (N-methyl/N-ethyl adjacent to an activating group) is 1. The maximum Gasteiger partial charge on any atom is 0.224 e. The molecule has 8 nitrogen and oxygen atoms in total. The molecule has 3 heterocycles. The summed E-state index contributed by atoms with van der Waals surface area (Å²) in [5.41, 5.74) is -0.00549. The van der Waals surface area contributed by atoms with Crippen molar-refractivity contribution in [2.45, 2.75) is 38.3 Å². The predicted molar refractivity (Wildman–Crippen MR) is 97.6 cm³/mol. The average molecular weight is 358 g/mol. The van der Waals surface area contributed by atoms with Crippen LogP contribution in [0.25, 0.3) is 0 Å². The number of β-amino-alcohol motifs (C(OH)–C–C–N with tert-alkyl or cyclic N) is 1. The van der Waals surface area contributed by atoms with Gasteiger partial charge in [-0.15, -0.1) is 0 Å². The second-order valence-electron chi connectivity index (χ2n) is 7.03. The zero-order chi connectivity index (χ0) is 18.6. The van der Waals surface area contributed by atoms with Crippen molar-refractivity contribution in [1.29, 1.82) is 0 Å². The van der Waals surface area contributed by atoms with E-state index in [9.17, 15) is 9.90 Å². The van der Waals surface area contributed by atoms with Gasteiger partial charge >= 0.3 is 0 Å². The normalized spacial score (nSPS) is 20.2. The van der Waals surface area contributed by atoms with Gasteiger partial charge in [-0.2, -0.15) is 5.10 Å². The molecule has 1 N–H and O–H groups in total. The Morgan fingerprint density at radius 1 is 1.42 bits per heavy atom. The van der Waals surface area contributed by atoms with Crippen molar-refractivity contribution in [3.8, 4) is 0 Å². The van der Waals surface area contributed by atoms with Crippen LogP contribution in [0.2, 0.25) is 0 Å². The van der Waals surface area contributed by atoms with Crippen LogP contribution >= 0.6 is 0 Å². The van der Waals surface area contributed by atoms with E-state index in [1.807, 2.05) is 24.1 Å². The summed E-state index contributed by atoms with van der Waals surface area (Å²) in [6.45, 7) is 4.05. The third-order valence-corrected chi connectivity index (χ3v) is 4.71. The van der Waals surface area contributed by atoms with Gasteiger partial charge in [-0.05, 0) is 25.8 Å². The van der Waals surface area contributed by atoms with Gasteiger partial charge in [0.25, 0.3) is 0 Å². The standard InChI is InChI=1S/C18H26N6O2/c1-15-4-10-24(21-15)11-5-17(25)22(2)13-18(26)6-3-9-23(14-18)16-12-19-7-8-20-16/h4,7-8,10,12,26H,3,5-6,9,11,13-14H2,1-2H3/t18-/m0/s1. The third kappa shape index (κ3) is 4.57. The van der Waals surface area contributed by atoms with Gasteiger partial charge in [-0.3, -0.25) is 14.5 Å². The SMILES string of the molecule is Cc1ccn(CCC(=O)N(C)C[C@@]2(O)CCCN(c3cnccn3)C2)n1. The van der Waals surface area contributed by atoms with E-state index in [1.54, 1.807) is 35.2 Å². The summed E-state index contributed by atoms with van der Waals surface area (Å²) < 4.78 is 1.77. The van der Waals surface area contributed by atoms with E-state index in [-0.39, 0.29) is 5.91 Å². The second-order valence-corrected chi connectivity index (χ2v) is 7.03. The summed E-state index contributed by atoms with van der Waals surface area (Å²) in [7, 11) is 1.75. The van der Waals surface area contributed by atoms with Gasteiger partial charge in [0.2, 0.25) is 5.91 Å². The van der Waals surface area contributed by atoms with Crippen LogP contribution in [0.3, 0.4) is 0 Å². The van der Waals surface area contributed by atoms with Crippen LogP contribution in [0.5, 0.6) is 0 Å². The molecular formula is C18H26N6O2. The number of amides is 1. The maximum absolute atomic E-state index is 12.4. The lowest BCUT2D eigenvalue weighted by molar-refractivity contribution is -0.133. The van der Waals surface area contributed by atoms with Crippen molar-refractivity contribution in [2.75, 3.05) is 31.6 Å². The van der Waals surface area contributed by atoms with Crippen LogP contribution in [-0.2, 0) is 11.3 Å². The molecule has 1 fully saturated rings. The molecule has 0 spiro atoms. The maximum atomic E-state index is 12.4. The van der Waals surface area contributed by atoms with E-state index in [2.05, 4.69) is 15.1 Å². The molecule has 8 heteroatoms. The number of aliphatic hydroxyl groups is 1. The fourth-order valence-electron chi connectivity index (χ4n) is 3.41. The van der Waals surface area contributed by atoms with E-state index < -0.39 is 5.60 Å². The Balaban J connectivity index is 1.55. The lowest BCUT2D eigenvalue weighted by Gasteiger charge is -2.41. The van der Waals surface area contributed by atoms with Gasteiger partial charge in [0, 0.05) is 51.7 Å². The minimum Gasteiger partial charge on any atom is -0.386 e. The van der Waals surface area contributed by atoms with E-state index in [0.29, 0.717) is 32.5 Å². The number of carbonyl (C=O) groups is 1. The minimum atomic E-state index is -0.942. The van der Waals surface area contributed by atoms with Crippen LogP contribution in [0.15, 0.2) is 30.9 Å². The Morgan fingerprint density at radius 2 is 2.27 bits per heavy atom. The zero-order valence-electron chi connectivity index (χ0n) is 15.4. The summed E-state index contributed by atoms with van der Waals surface area (Å²) in [4.78, 5) is 24.5. The smallest absolute Gasteiger partial charge is 0.224 e.